The molecule has 0 aromatic heterocycles. The van der Waals surface area contributed by atoms with Crippen molar-refractivity contribution in [2.45, 2.75) is 38.6 Å². The summed E-state index contributed by atoms with van der Waals surface area (Å²) in [5.74, 6) is -0.821. The Bertz CT molecular complexity index is 780. The first-order valence-electron chi connectivity index (χ1n) is 10.2. The molecule has 28 heavy (non-hydrogen) atoms. The van der Waals surface area contributed by atoms with Crippen molar-refractivity contribution in [3.63, 3.8) is 0 Å². The zero-order valence-corrected chi connectivity index (χ0v) is 16.1. The quantitative estimate of drug-likeness (QED) is 0.846. The van der Waals surface area contributed by atoms with Crippen LogP contribution in [0.25, 0.3) is 0 Å². The lowest BCUT2D eigenvalue weighted by Crippen LogP contribution is -2.48. The molecule has 4 rings (SSSR count). The molecule has 0 bridgehead atoms. The van der Waals surface area contributed by atoms with E-state index in [2.05, 4.69) is 0 Å². The number of fused-ring (bicyclic) bond motifs is 1. The fraction of sp³-hybridized carbons (Fsp3) is 0.571. The maximum absolute atomic E-state index is 13.0. The van der Waals surface area contributed by atoms with Crippen molar-refractivity contribution in [2.75, 3.05) is 32.7 Å². The lowest BCUT2D eigenvalue weighted by atomic mass is 9.91. The van der Waals surface area contributed by atoms with Crippen LogP contribution in [-0.4, -0.2) is 70.4 Å². The van der Waals surface area contributed by atoms with Crippen molar-refractivity contribution in [2.24, 2.45) is 5.92 Å². The van der Waals surface area contributed by atoms with Gasteiger partial charge in [0, 0.05) is 45.2 Å². The van der Waals surface area contributed by atoms with Crippen LogP contribution >= 0.6 is 0 Å². The van der Waals surface area contributed by atoms with Crippen LogP contribution in [0.5, 0.6) is 0 Å². The van der Waals surface area contributed by atoms with Gasteiger partial charge >= 0.3 is 12.0 Å². The van der Waals surface area contributed by atoms with Crippen molar-refractivity contribution in [3.05, 3.63) is 34.9 Å². The highest BCUT2D eigenvalue weighted by Gasteiger charge is 2.33. The number of carboxylic acids is 1. The van der Waals surface area contributed by atoms with E-state index in [1.165, 1.54) is 0 Å². The van der Waals surface area contributed by atoms with Crippen molar-refractivity contribution >= 4 is 17.9 Å². The van der Waals surface area contributed by atoms with Gasteiger partial charge in [-0.25, -0.2) is 9.59 Å². The molecule has 0 atom stereocenters. The number of amides is 3. The van der Waals surface area contributed by atoms with E-state index in [1.54, 1.807) is 12.1 Å². The zero-order valence-electron chi connectivity index (χ0n) is 16.1. The first-order valence-corrected chi connectivity index (χ1v) is 10.2. The number of hydrogen-bond acceptors (Lipinski definition) is 3. The molecule has 2 saturated heterocycles. The normalized spacial score (nSPS) is 20.2. The summed E-state index contributed by atoms with van der Waals surface area (Å²) in [4.78, 5) is 42.6. The van der Waals surface area contributed by atoms with Gasteiger partial charge in [0.25, 0.3) is 0 Å². The Labute approximate surface area is 164 Å². The summed E-state index contributed by atoms with van der Waals surface area (Å²) < 4.78 is 0. The number of benzene rings is 1. The van der Waals surface area contributed by atoms with Crippen LogP contribution in [0.2, 0.25) is 0 Å². The number of hydrogen-bond donors (Lipinski definition) is 1. The average molecular weight is 385 g/mol. The molecule has 150 valence electrons. The van der Waals surface area contributed by atoms with Crippen molar-refractivity contribution < 1.29 is 19.5 Å². The molecule has 0 aliphatic carbocycles. The summed E-state index contributed by atoms with van der Waals surface area (Å²) in [6, 6.07) is 5.42. The molecule has 3 amide bonds. The second-order valence-corrected chi connectivity index (χ2v) is 8.00. The largest absolute Gasteiger partial charge is 0.478 e. The first kappa shape index (κ1) is 18.8. The Morgan fingerprint density at radius 1 is 0.893 bits per heavy atom. The fourth-order valence-corrected chi connectivity index (χ4v) is 4.68. The van der Waals surface area contributed by atoms with Gasteiger partial charge < -0.3 is 19.8 Å². The maximum Gasteiger partial charge on any atom is 0.335 e. The van der Waals surface area contributed by atoms with E-state index >= 15 is 0 Å². The van der Waals surface area contributed by atoms with E-state index in [9.17, 15) is 19.5 Å². The molecular formula is C21H27N3O4. The van der Waals surface area contributed by atoms with E-state index in [0.29, 0.717) is 51.0 Å². The molecule has 3 heterocycles. The SMILES string of the molecule is O=C(O)c1cccc2c1CCN(C(=O)C1CCN(C(=O)N3CCCC3)CC1)C2. The van der Waals surface area contributed by atoms with E-state index < -0.39 is 5.97 Å². The van der Waals surface area contributed by atoms with Gasteiger partial charge in [0.05, 0.1) is 5.56 Å². The third kappa shape index (κ3) is 3.57. The predicted octanol–water partition coefficient (Wildman–Crippen LogP) is 2.20. The molecule has 7 heteroatoms. The van der Waals surface area contributed by atoms with Crippen LogP contribution in [0.3, 0.4) is 0 Å². The Morgan fingerprint density at radius 3 is 2.25 bits per heavy atom. The minimum Gasteiger partial charge on any atom is -0.478 e. The molecule has 0 unspecified atom stereocenters. The summed E-state index contributed by atoms with van der Waals surface area (Å²) in [5, 5.41) is 9.35. The molecule has 1 aromatic carbocycles. The van der Waals surface area contributed by atoms with Crippen molar-refractivity contribution in [1.82, 2.24) is 14.7 Å². The number of carbonyl (C=O) groups is 3. The number of urea groups is 1. The number of piperidine rings is 1. The minimum atomic E-state index is -0.910. The number of aromatic carboxylic acids is 1. The number of likely N-dealkylation sites (tertiary alicyclic amines) is 2. The second kappa shape index (κ2) is 7.81. The molecule has 0 saturated carbocycles. The zero-order chi connectivity index (χ0) is 19.7. The Hall–Kier alpha value is -2.57. The van der Waals surface area contributed by atoms with Gasteiger partial charge in [0.2, 0.25) is 5.91 Å². The summed E-state index contributed by atoms with van der Waals surface area (Å²) in [6.45, 7) is 4.01. The molecule has 0 spiro atoms. The lowest BCUT2D eigenvalue weighted by molar-refractivity contribution is -0.137. The van der Waals surface area contributed by atoms with E-state index in [1.807, 2.05) is 20.8 Å². The van der Waals surface area contributed by atoms with Gasteiger partial charge in [0.1, 0.15) is 0 Å². The minimum absolute atomic E-state index is 0.0492. The van der Waals surface area contributed by atoms with Crippen molar-refractivity contribution in [3.8, 4) is 0 Å². The molecule has 3 aliphatic heterocycles. The number of carboxylic acid groups (broad SMARTS) is 1. The van der Waals surface area contributed by atoms with Gasteiger partial charge in [-0.2, -0.15) is 0 Å². The van der Waals surface area contributed by atoms with Crippen molar-refractivity contribution in [1.29, 1.82) is 0 Å². The molecule has 2 fully saturated rings. The highest BCUT2D eigenvalue weighted by atomic mass is 16.4. The van der Waals surface area contributed by atoms with Gasteiger partial charge in [0.15, 0.2) is 0 Å². The topological polar surface area (TPSA) is 81.2 Å². The number of carbonyl (C=O) groups excluding carboxylic acids is 2. The molecule has 1 N–H and O–H groups in total. The van der Waals surface area contributed by atoms with Gasteiger partial charge in [-0.1, -0.05) is 12.1 Å². The third-order valence-corrected chi connectivity index (χ3v) is 6.30. The molecule has 0 radical (unpaired) electrons. The van der Waals surface area contributed by atoms with E-state index in [4.69, 9.17) is 0 Å². The van der Waals surface area contributed by atoms with Crippen LogP contribution in [-0.2, 0) is 17.8 Å². The number of nitrogens with zero attached hydrogens (tertiary/aromatic N) is 3. The van der Waals surface area contributed by atoms with Crippen LogP contribution < -0.4 is 0 Å². The highest BCUT2D eigenvalue weighted by molar-refractivity contribution is 5.90. The second-order valence-electron chi connectivity index (χ2n) is 8.00. The lowest BCUT2D eigenvalue weighted by Gasteiger charge is -2.37. The first-order chi connectivity index (χ1) is 13.5. The van der Waals surface area contributed by atoms with E-state index in [-0.39, 0.29) is 17.9 Å². The monoisotopic (exact) mass is 385 g/mol. The predicted molar refractivity (Wildman–Crippen MR) is 103 cm³/mol. The molecule has 1 aromatic rings. The van der Waals surface area contributed by atoms with Crippen LogP contribution in [0.15, 0.2) is 18.2 Å². The Kier molecular flexibility index (Phi) is 5.24. The van der Waals surface area contributed by atoms with Gasteiger partial charge in [-0.05, 0) is 49.3 Å². The van der Waals surface area contributed by atoms with Gasteiger partial charge in [-0.3, -0.25) is 4.79 Å². The smallest absolute Gasteiger partial charge is 0.335 e. The Balaban J connectivity index is 1.35. The fourth-order valence-electron chi connectivity index (χ4n) is 4.68. The summed E-state index contributed by atoms with van der Waals surface area (Å²) in [6.07, 6.45) is 4.16. The molecule has 7 nitrogen and oxygen atoms in total. The molecular weight excluding hydrogens is 358 g/mol. The maximum atomic E-state index is 13.0. The van der Waals surface area contributed by atoms with Gasteiger partial charge in [-0.15, -0.1) is 0 Å². The van der Waals surface area contributed by atoms with E-state index in [0.717, 1.165) is 37.1 Å². The highest BCUT2D eigenvalue weighted by Crippen LogP contribution is 2.27. The summed E-state index contributed by atoms with van der Waals surface area (Å²) in [7, 11) is 0. The summed E-state index contributed by atoms with van der Waals surface area (Å²) in [5.41, 5.74) is 2.13. The standard InChI is InChI=1S/C21H27N3O4/c25-19(15-6-11-23(12-7-15)21(28)22-9-1-2-10-22)24-13-8-17-16(14-24)4-3-5-18(17)20(26)27/h3-5,15H,1-2,6-14H2,(H,26,27). The summed E-state index contributed by atoms with van der Waals surface area (Å²) >= 11 is 0. The average Bonchev–Trinajstić information content (AvgIpc) is 3.26. The third-order valence-electron chi connectivity index (χ3n) is 6.30. The van der Waals surface area contributed by atoms with Crippen LogP contribution in [0.1, 0.15) is 47.2 Å². The van der Waals surface area contributed by atoms with Crippen LogP contribution in [0.4, 0.5) is 4.79 Å². The molecule has 3 aliphatic rings. The number of rotatable bonds is 2. The Morgan fingerprint density at radius 2 is 1.57 bits per heavy atom. The van der Waals surface area contributed by atoms with Crippen LogP contribution in [0, 0.1) is 5.92 Å².